The van der Waals surface area contributed by atoms with Gasteiger partial charge in [0.05, 0.1) is 5.88 Å². The number of alkyl halides is 4. The molecule has 0 fully saturated rings. The van der Waals surface area contributed by atoms with E-state index in [2.05, 4.69) is 9.99 Å². The van der Waals surface area contributed by atoms with Crippen molar-refractivity contribution in [2.24, 2.45) is 5.16 Å². The highest BCUT2D eigenvalue weighted by Crippen LogP contribution is 2.07. The predicted octanol–water partition coefficient (Wildman–Crippen LogP) is 2.56. The van der Waals surface area contributed by atoms with E-state index in [0.717, 1.165) is 0 Å². The monoisotopic (exact) mass is 265 g/mol. The van der Waals surface area contributed by atoms with Crippen LogP contribution in [0.25, 0.3) is 0 Å². The zero-order valence-corrected chi connectivity index (χ0v) is 9.66. The molecule has 0 saturated heterocycles. The summed E-state index contributed by atoms with van der Waals surface area (Å²) in [6.07, 6.45) is 0. The van der Waals surface area contributed by atoms with Crippen LogP contribution in [0, 0.1) is 0 Å². The highest BCUT2D eigenvalue weighted by atomic mass is 35.5. The van der Waals surface area contributed by atoms with Gasteiger partial charge in [-0.15, -0.1) is 23.2 Å². The fraction of sp³-hybridized carbons (Fsp3) is 0.667. The zero-order valence-electron chi connectivity index (χ0n) is 6.64. The molecule has 1 unspecified atom stereocenters. The average Bonchev–Trinajstić information content (AvgIpc) is 2.04. The third-order valence-corrected chi connectivity index (χ3v) is 1.92. The normalized spacial score (nSPS) is 14.5. The van der Waals surface area contributed by atoms with E-state index >= 15 is 0 Å². The minimum atomic E-state index is -0.893. The lowest BCUT2D eigenvalue weighted by Gasteiger charge is -2.02. The number of nitrogens with zero attached hydrogens (tertiary/aromatic N) is 1. The Morgan fingerprint density at radius 1 is 1.46 bits per heavy atom. The second-order valence-electron chi connectivity index (χ2n) is 2.04. The van der Waals surface area contributed by atoms with Crippen LogP contribution in [0.2, 0.25) is 0 Å². The molecule has 76 valence electrons. The largest absolute Gasteiger partial charge is 0.352 e. The molecule has 0 saturated carbocycles. The van der Waals surface area contributed by atoms with Crippen LogP contribution in [0.3, 0.4) is 0 Å². The van der Waals surface area contributed by atoms with Crippen molar-refractivity contribution in [3.63, 3.8) is 0 Å². The lowest BCUT2D eigenvalue weighted by Crippen LogP contribution is -2.16. The van der Waals surface area contributed by atoms with Gasteiger partial charge in [0.15, 0.2) is 0 Å². The van der Waals surface area contributed by atoms with Gasteiger partial charge in [-0.25, -0.2) is 4.79 Å². The lowest BCUT2D eigenvalue weighted by atomic mass is 10.5. The number of hydrogen-bond acceptors (Lipinski definition) is 3. The molecule has 3 nitrogen and oxygen atoms in total. The Kier molecular flexibility index (Phi) is 6.86. The van der Waals surface area contributed by atoms with Crippen LogP contribution in [-0.4, -0.2) is 27.8 Å². The second kappa shape index (κ2) is 6.71. The molecule has 0 aliphatic rings. The predicted molar refractivity (Wildman–Crippen MR) is 55.1 cm³/mol. The lowest BCUT2D eigenvalue weighted by molar-refractivity contribution is -0.142. The molecule has 0 rings (SSSR count). The molecule has 0 radical (unpaired) electrons. The molecule has 1 atom stereocenters. The summed E-state index contributed by atoms with van der Waals surface area (Å²) in [6, 6.07) is 0. The van der Waals surface area contributed by atoms with E-state index in [-0.39, 0.29) is 11.6 Å². The summed E-state index contributed by atoms with van der Waals surface area (Å²) < 4.78 is 0. The Morgan fingerprint density at radius 2 is 2.00 bits per heavy atom. The molecule has 7 heteroatoms. The van der Waals surface area contributed by atoms with Crippen molar-refractivity contribution in [3.05, 3.63) is 0 Å². The van der Waals surface area contributed by atoms with Gasteiger partial charge in [0.1, 0.15) is 15.9 Å². The van der Waals surface area contributed by atoms with E-state index in [9.17, 15) is 4.79 Å². The van der Waals surface area contributed by atoms with E-state index in [1.807, 2.05) is 0 Å². The molecule has 0 aliphatic heterocycles. The third kappa shape index (κ3) is 5.57. The van der Waals surface area contributed by atoms with Crippen molar-refractivity contribution in [1.82, 2.24) is 0 Å². The number of oxime groups is 1. The van der Waals surface area contributed by atoms with Crippen LogP contribution in [-0.2, 0) is 9.63 Å². The van der Waals surface area contributed by atoms with Gasteiger partial charge in [0, 0.05) is 0 Å². The zero-order chi connectivity index (χ0) is 10.4. The SMILES string of the molecule is CC(Cl)C(=O)O/N=C(\CCl)C(Cl)Cl. The maximum atomic E-state index is 10.8. The highest BCUT2D eigenvalue weighted by molar-refractivity contribution is 6.56. The van der Waals surface area contributed by atoms with E-state index in [1.165, 1.54) is 6.92 Å². The molecule has 0 N–H and O–H groups in total. The standard InChI is InChI=1S/C6H7Cl4NO2/c1-3(8)6(12)13-11-4(2-7)5(9)10/h3,5H,2H2,1H3/b11-4+. The van der Waals surface area contributed by atoms with Gasteiger partial charge in [-0.3, -0.25) is 0 Å². The highest BCUT2D eigenvalue weighted by Gasteiger charge is 2.13. The van der Waals surface area contributed by atoms with Gasteiger partial charge >= 0.3 is 5.97 Å². The Hall–Kier alpha value is 0.300. The quantitative estimate of drug-likeness (QED) is 0.340. The fourth-order valence-corrected chi connectivity index (χ4v) is 0.934. The van der Waals surface area contributed by atoms with Gasteiger partial charge in [0.25, 0.3) is 0 Å². The van der Waals surface area contributed by atoms with Crippen molar-refractivity contribution in [2.75, 3.05) is 5.88 Å². The summed E-state index contributed by atoms with van der Waals surface area (Å²) >= 11 is 21.7. The van der Waals surface area contributed by atoms with E-state index in [0.29, 0.717) is 0 Å². The topological polar surface area (TPSA) is 38.7 Å². The summed E-state index contributed by atoms with van der Waals surface area (Å²) in [7, 11) is 0. The summed E-state index contributed by atoms with van der Waals surface area (Å²) in [5, 5.41) is 2.58. The molecule has 0 heterocycles. The number of halogens is 4. The first kappa shape index (κ1) is 13.3. The van der Waals surface area contributed by atoms with Crippen LogP contribution in [0.4, 0.5) is 0 Å². The second-order valence-corrected chi connectivity index (χ2v) is 4.06. The number of rotatable bonds is 4. The van der Waals surface area contributed by atoms with E-state index < -0.39 is 16.2 Å². The van der Waals surface area contributed by atoms with Crippen LogP contribution in [0.1, 0.15) is 6.92 Å². The van der Waals surface area contributed by atoms with Gasteiger partial charge in [0.2, 0.25) is 0 Å². The first-order chi connectivity index (χ1) is 5.99. The van der Waals surface area contributed by atoms with Gasteiger partial charge in [-0.1, -0.05) is 28.4 Å². The maximum absolute atomic E-state index is 10.8. The number of hydrogen-bond donors (Lipinski definition) is 0. The summed E-state index contributed by atoms with van der Waals surface area (Å²) in [5.74, 6) is -0.694. The van der Waals surface area contributed by atoms with Crippen molar-refractivity contribution < 1.29 is 9.63 Å². The van der Waals surface area contributed by atoms with E-state index in [1.54, 1.807) is 0 Å². The Balaban J connectivity index is 4.15. The van der Waals surface area contributed by atoms with E-state index in [4.69, 9.17) is 46.4 Å². The maximum Gasteiger partial charge on any atom is 0.352 e. The molecule has 13 heavy (non-hydrogen) atoms. The molecule has 0 bridgehead atoms. The summed E-state index contributed by atoms with van der Waals surface area (Å²) in [4.78, 5) is 14.3. The van der Waals surface area contributed by atoms with Crippen LogP contribution < -0.4 is 0 Å². The molecule has 0 aromatic rings. The molecule has 0 aromatic heterocycles. The molecule has 0 amide bonds. The minimum Gasteiger partial charge on any atom is -0.317 e. The van der Waals surface area contributed by atoms with Crippen LogP contribution in [0.5, 0.6) is 0 Å². The van der Waals surface area contributed by atoms with Crippen molar-refractivity contribution >= 4 is 58.1 Å². The minimum absolute atomic E-state index is 0.0123. The first-order valence-corrected chi connectivity index (χ1v) is 5.09. The van der Waals surface area contributed by atoms with Crippen molar-refractivity contribution in [3.8, 4) is 0 Å². The Bertz CT molecular complexity index is 205. The molecular weight excluding hydrogens is 260 g/mol. The Labute approximate surface area is 95.9 Å². The van der Waals surface area contributed by atoms with Crippen LogP contribution in [0.15, 0.2) is 5.16 Å². The first-order valence-electron chi connectivity index (χ1n) is 3.24. The fourth-order valence-electron chi connectivity index (χ4n) is 0.299. The van der Waals surface area contributed by atoms with Crippen LogP contribution >= 0.6 is 46.4 Å². The number of carbonyl (C=O) groups is 1. The van der Waals surface area contributed by atoms with Gasteiger partial charge in [-0.05, 0) is 6.92 Å². The van der Waals surface area contributed by atoms with Gasteiger partial charge in [-0.2, -0.15) is 0 Å². The summed E-state index contributed by atoms with van der Waals surface area (Å²) in [6.45, 7) is 1.46. The van der Waals surface area contributed by atoms with Gasteiger partial charge < -0.3 is 4.84 Å². The molecular formula is C6H7Cl4NO2. The third-order valence-electron chi connectivity index (χ3n) is 0.966. The molecule has 0 aromatic carbocycles. The smallest absolute Gasteiger partial charge is 0.317 e. The van der Waals surface area contributed by atoms with Crippen molar-refractivity contribution in [2.45, 2.75) is 17.1 Å². The number of carbonyl (C=O) groups excluding carboxylic acids is 1. The summed E-state index contributed by atoms with van der Waals surface area (Å²) in [5.41, 5.74) is 0.163. The van der Waals surface area contributed by atoms with Crippen molar-refractivity contribution in [1.29, 1.82) is 0 Å². The average molecular weight is 267 g/mol. The molecule has 0 aliphatic carbocycles. The molecule has 0 spiro atoms. The Morgan fingerprint density at radius 3 is 2.31 bits per heavy atom.